The van der Waals surface area contributed by atoms with Crippen molar-refractivity contribution in [1.82, 2.24) is 8.87 Å². The second-order valence-electron chi connectivity index (χ2n) is 8.21. The fourth-order valence-electron chi connectivity index (χ4n) is 4.03. The third-order valence-corrected chi connectivity index (χ3v) is 8.81. The topological polar surface area (TPSA) is 81.0 Å². The van der Waals surface area contributed by atoms with E-state index in [2.05, 4.69) is 36.3 Å². The van der Waals surface area contributed by atoms with E-state index in [4.69, 9.17) is 4.74 Å². The number of carbonyl (C=O) groups excluding carboxylic acids is 1. The maximum Gasteiger partial charge on any atom is 0.279 e. The highest BCUT2D eigenvalue weighted by Crippen LogP contribution is 2.27. The maximum absolute atomic E-state index is 13.1. The highest BCUT2D eigenvalue weighted by molar-refractivity contribution is 7.89. The second kappa shape index (κ2) is 11.8. The van der Waals surface area contributed by atoms with Crippen molar-refractivity contribution in [2.45, 2.75) is 18.4 Å². The highest BCUT2D eigenvalue weighted by Gasteiger charge is 2.22. The van der Waals surface area contributed by atoms with Crippen LogP contribution in [0.25, 0.3) is 21.0 Å². The summed E-state index contributed by atoms with van der Waals surface area (Å²) in [5, 5.41) is 2.21. The van der Waals surface area contributed by atoms with Crippen molar-refractivity contribution in [2.75, 3.05) is 26.3 Å². The molecule has 3 aromatic carbocycles. The van der Waals surface area contributed by atoms with E-state index in [9.17, 15) is 13.2 Å². The number of amides is 1. The minimum absolute atomic E-state index is 0.0906. The average molecular weight is 536 g/mol. The number of nitrogens with zero attached hydrogens (tertiary/aromatic N) is 3. The number of hydrogen-bond donors (Lipinski definition) is 0. The van der Waals surface area contributed by atoms with E-state index in [1.54, 1.807) is 0 Å². The standard InChI is InChI=1S/C28H29N3O4S2/c1-4-17-30(18-5-2)37(33,34)23-14-11-22(12-15-23)27(32)29-28-31(19-20-35-6-3)25-16-13-21-9-7-8-10-24(21)26(25)36-28/h4-5,7-16H,1-2,6,17-20H2,3H3. The molecule has 37 heavy (non-hydrogen) atoms. The summed E-state index contributed by atoms with van der Waals surface area (Å²) in [5.74, 6) is -0.445. The van der Waals surface area contributed by atoms with Gasteiger partial charge in [0.2, 0.25) is 10.0 Å². The fourth-order valence-corrected chi connectivity index (χ4v) is 6.60. The van der Waals surface area contributed by atoms with Crippen molar-refractivity contribution in [2.24, 2.45) is 4.99 Å². The smallest absolute Gasteiger partial charge is 0.279 e. The summed E-state index contributed by atoms with van der Waals surface area (Å²) >= 11 is 1.46. The normalized spacial score (nSPS) is 12.4. The molecule has 1 amide bonds. The van der Waals surface area contributed by atoms with Gasteiger partial charge in [-0.25, -0.2) is 8.42 Å². The van der Waals surface area contributed by atoms with Gasteiger partial charge in [0.15, 0.2) is 4.80 Å². The number of hydrogen-bond acceptors (Lipinski definition) is 5. The first kappa shape index (κ1) is 26.7. The van der Waals surface area contributed by atoms with Crippen LogP contribution in [0.4, 0.5) is 0 Å². The average Bonchev–Trinajstić information content (AvgIpc) is 3.26. The van der Waals surface area contributed by atoms with Gasteiger partial charge in [-0.05, 0) is 42.6 Å². The maximum atomic E-state index is 13.1. The van der Waals surface area contributed by atoms with Crippen LogP contribution in [-0.2, 0) is 21.3 Å². The molecule has 7 nitrogen and oxygen atoms in total. The summed E-state index contributed by atoms with van der Waals surface area (Å²) in [7, 11) is -3.75. The van der Waals surface area contributed by atoms with Gasteiger partial charge in [0, 0.05) is 37.2 Å². The van der Waals surface area contributed by atoms with Crippen LogP contribution in [0.1, 0.15) is 17.3 Å². The van der Waals surface area contributed by atoms with Crippen molar-refractivity contribution >= 4 is 48.3 Å². The molecule has 4 rings (SSSR count). The van der Waals surface area contributed by atoms with Crippen LogP contribution in [0.15, 0.2) is 95.9 Å². The Morgan fingerprint density at radius 3 is 2.43 bits per heavy atom. The van der Waals surface area contributed by atoms with E-state index in [-0.39, 0.29) is 18.0 Å². The number of benzene rings is 3. The van der Waals surface area contributed by atoms with E-state index in [1.807, 2.05) is 29.7 Å². The Morgan fingerprint density at radius 1 is 1.05 bits per heavy atom. The van der Waals surface area contributed by atoms with E-state index < -0.39 is 15.9 Å². The van der Waals surface area contributed by atoms with Gasteiger partial charge in [-0.2, -0.15) is 9.30 Å². The molecular weight excluding hydrogens is 506 g/mol. The largest absolute Gasteiger partial charge is 0.380 e. The molecule has 1 heterocycles. The molecule has 0 atom stereocenters. The number of thiazole rings is 1. The van der Waals surface area contributed by atoms with Crippen molar-refractivity contribution in [3.8, 4) is 0 Å². The lowest BCUT2D eigenvalue weighted by atomic mass is 10.1. The second-order valence-corrected chi connectivity index (χ2v) is 11.1. The van der Waals surface area contributed by atoms with Gasteiger partial charge >= 0.3 is 0 Å². The molecule has 4 aromatic rings. The number of aromatic nitrogens is 1. The van der Waals surface area contributed by atoms with Crippen molar-refractivity contribution < 1.29 is 17.9 Å². The van der Waals surface area contributed by atoms with Crippen LogP contribution >= 0.6 is 11.3 Å². The number of fused-ring (bicyclic) bond motifs is 3. The first-order valence-corrected chi connectivity index (χ1v) is 14.2. The van der Waals surface area contributed by atoms with Crippen LogP contribution in [0.5, 0.6) is 0 Å². The Morgan fingerprint density at radius 2 is 1.76 bits per heavy atom. The number of sulfonamides is 1. The van der Waals surface area contributed by atoms with Gasteiger partial charge in [-0.15, -0.1) is 13.2 Å². The Balaban J connectivity index is 1.72. The predicted molar refractivity (Wildman–Crippen MR) is 149 cm³/mol. The third kappa shape index (κ3) is 5.65. The molecule has 0 aliphatic carbocycles. The monoisotopic (exact) mass is 535 g/mol. The number of rotatable bonds is 11. The Bertz CT molecular complexity index is 1610. The predicted octanol–water partition coefficient (Wildman–Crippen LogP) is 5.00. The first-order chi connectivity index (χ1) is 17.9. The molecule has 0 spiro atoms. The van der Waals surface area contributed by atoms with Gasteiger partial charge < -0.3 is 9.30 Å². The molecule has 0 N–H and O–H groups in total. The van der Waals surface area contributed by atoms with E-state index in [1.165, 1.54) is 52.1 Å². The van der Waals surface area contributed by atoms with Gasteiger partial charge in [0.25, 0.3) is 5.91 Å². The van der Waals surface area contributed by atoms with Crippen LogP contribution in [-0.4, -0.2) is 49.5 Å². The molecule has 0 aliphatic heterocycles. The van der Waals surface area contributed by atoms with Crippen LogP contribution in [0.3, 0.4) is 0 Å². The lowest BCUT2D eigenvalue weighted by molar-refractivity contribution is 0.0996. The lowest BCUT2D eigenvalue weighted by Gasteiger charge is -2.19. The minimum Gasteiger partial charge on any atom is -0.380 e. The summed E-state index contributed by atoms with van der Waals surface area (Å²) in [5.41, 5.74) is 1.29. The molecule has 0 aliphatic rings. The molecule has 0 bridgehead atoms. The molecule has 0 saturated carbocycles. The fraction of sp³-hybridized carbons (Fsp3) is 0.214. The number of carbonyl (C=O) groups is 1. The molecule has 0 saturated heterocycles. The summed E-state index contributed by atoms with van der Waals surface area (Å²) in [4.78, 5) is 18.2. The van der Waals surface area contributed by atoms with E-state index >= 15 is 0 Å². The molecule has 192 valence electrons. The van der Waals surface area contributed by atoms with E-state index in [0.29, 0.717) is 30.1 Å². The zero-order valence-electron chi connectivity index (χ0n) is 20.7. The molecule has 0 fully saturated rings. The third-order valence-electron chi connectivity index (χ3n) is 5.84. The van der Waals surface area contributed by atoms with Crippen molar-refractivity contribution in [3.63, 3.8) is 0 Å². The summed E-state index contributed by atoms with van der Waals surface area (Å²) in [6.07, 6.45) is 3.04. The molecule has 1 aromatic heterocycles. The van der Waals surface area contributed by atoms with Gasteiger partial charge in [-0.1, -0.05) is 53.8 Å². The highest BCUT2D eigenvalue weighted by atomic mass is 32.2. The van der Waals surface area contributed by atoms with Crippen molar-refractivity contribution in [1.29, 1.82) is 0 Å². The molecule has 0 radical (unpaired) electrons. The summed E-state index contributed by atoms with van der Waals surface area (Å²) < 4.78 is 35.8. The zero-order valence-corrected chi connectivity index (χ0v) is 22.3. The van der Waals surface area contributed by atoms with E-state index in [0.717, 1.165) is 21.0 Å². The molecule has 0 unspecified atom stereocenters. The minimum atomic E-state index is -3.75. The van der Waals surface area contributed by atoms with Crippen molar-refractivity contribution in [3.05, 3.63) is 96.3 Å². The SMILES string of the molecule is C=CCN(CC=C)S(=O)(=O)c1ccc(C(=O)N=c2sc3c4ccccc4ccc3n2CCOCC)cc1. The van der Waals surface area contributed by atoms with Gasteiger partial charge in [0.1, 0.15) is 0 Å². The molecule has 9 heteroatoms. The first-order valence-electron chi connectivity index (χ1n) is 11.9. The Kier molecular flexibility index (Phi) is 8.50. The summed E-state index contributed by atoms with van der Waals surface area (Å²) in [6, 6.07) is 18.1. The van der Waals surface area contributed by atoms with Crippen LogP contribution in [0.2, 0.25) is 0 Å². The lowest BCUT2D eigenvalue weighted by Crippen LogP contribution is -2.31. The Hall–Kier alpha value is -3.37. The summed E-state index contributed by atoms with van der Waals surface area (Å²) in [6.45, 7) is 11.2. The quantitative estimate of drug-likeness (QED) is 0.200. The van der Waals surface area contributed by atoms with Gasteiger partial charge in [0.05, 0.1) is 21.7 Å². The number of ether oxygens (including phenoxy) is 1. The van der Waals surface area contributed by atoms with Crippen LogP contribution < -0.4 is 4.80 Å². The van der Waals surface area contributed by atoms with Gasteiger partial charge in [-0.3, -0.25) is 4.79 Å². The zero-order chi connectivity index (χ0) is 26.4. The van der Waals surface area contributed by atoms with Crippen LogP contribution in [0, 0.1) is 0 Å². The Labute approximate surface area is 220 Å². The molecular formula is C28H29N3O4S2.